The van der Waals surface area contributed by atoms with Crippen molar-refractivity contribution in [2.24, 2.45) is 0 Å². The van der Waals surface area contributed by atoms with E-state index in [4.69, 9.17) is 4.98 Å². The van der Waals surface area contributed by atoms with Crippen LogP contribution in [0.2, 0.25) is 0 Å². The number of hydrogen-bond donors (Lipinski definition) is 2. The van der Waals surface area contributed by atoms with E-state index in [1.54, 1.807) is 0 Å². The van der Waals surface area contributed by atoms with Crippen LogP contribution < -0.4 is 10.9 Å². The SMILES string of the molecule is Cc1cccc2c(=O)[nH]c(CSC3CCN(CC4CCCN4)CC3)nc12. The van der Waals surface area contributed by atoms with Gasteiger partial charge < -0.3 is 15.2 Å². The summed E-state index contributed by atoms with van der Waals surface area (Å²) in [6.07, 6.45) is 5.12. The van der Waals surface area contributed by atoms with Crippen LogP contribution in [0.4, 0.5) is 0 Å². The number of piperidine rings is 1. The Balaban J connectivity index is 1.31. The van der Waals surface area contributed by atoms with Gasteiger partial charge in [-0.05, 0) is 63.9 Å². The highest BCUT2D eigenvalue weighted by molar-refractivity contribution is 7.99. The van der Waals surface area contributed by atoms with Crippen LogP contribution in [0.15, 0.2) is 23.0 Å². The Labute approximate surface area is 159 Å². The van der Waals surface area contributed by atoms with E-state index in [9.17, 15) is 4.79 Å². The van der Waals surface area contributed by atoms with Gasteiger partial charge in [-0.3, -0.25) is 4.79 Å². The molecule has 0 aliphatic carbocycles. The Morgan fingerprint density at radius 2 is 2.12 bits per heavy atom. The van der Waals surface area contributed by atoms with Gasteiger partial charge in [0.1, 0.15) is 5.82 Å². The van der Waals surface area contributed by atoms with E-state index >= 15 is 0 Å². The number of para-hydroxylation sites is 1. The molecule has 6 heteroatoms. The van der Waals surface area contributed by atoms with Crippen LogP contribution >= 0.6 is 11.8 Å². The van der Waals surface area contributed by atoms with E-state index in [1.807, 2.05) is 36.9 Å². The Kier molecular flexibility index (Phi) is 5.62. The number of nitrogens with zero attached hydrogens (tertiary/aromatic N) is 2. The molecule has 2 saturated heterocycles. The van der Waals surface area contributed by atoms with E-state index in [0.717, 1.165) is 22.7 Å². The van der Waals surface area contributed by atoms with Crippen molar-refractivity contribution in [3.63, 3.8) is 0 Å². The second-order valence-electron chi connectivity index (χ2n) is 7.59. The molecule has 5 nitrogen and oxygen atoms in total. The second kappa shape index (κ2) is 8.11. The van der Waals surface area contributed by atoms with Crippen molar-refractivity contribution in [1.29, 1.82) is 0 Å². The largest absolute Gasteiger partial charge is 0.313 e. The fourth-order valence-electron chi connectivity index (χ4n) is 4.10. The smallest absolute Gasteiger partial charge is 0.258 e. The lowest BCUT2D eigenvalue weighted by molar-refractivity contribution is 0.214. The molecule has 1 atom stereocenters. The first-order valence-electron chi connectivity index (χ1n) is 9.75. The molecule has 1 aromatic heterocycles. The van der Waals surface area contributed by atoms with Crippen molar-refractivity contribution in [2.45, 2.75) is 49.7 Å². The monoisotopic (exact) mass is 372 g/mol. The molecule has 2 fully saturated rings. The van der Waals surface area contributed by atoms with Crippen LogP contribution in [0, 0.1) is 6.92 Å². The van der Waals surface area contributed by atoms with E-state index < -0.39 is 0 Å². The summed E-state index contributed by atoms with van der Waals surface area (Å²) in [5, 5.41) is 4.95. The first kappa shape index (κ1) is 18.0. The molecule has 0 saturated carbocycles. The maximum atomic E-state index is 12.3. The summed E-state index contributed by atoms with van der Waals surface area (Å²) in [6.45, 7) is 6.79. The molecule has 4 rings (SSSR count). The average molecular weight is 373 g/mol. The lowest BCUT2D eigenvalue weighted by atomic mass is 10.1. The number of aromatic nitrogens is 2. The summed E-state index contributed by atoms with van der Waals surface area (Å²) in [5.74, 6) is 1.59. The summed E-state index contributed by atoms with van der Waals surface area (Å²) in [4.78, 5) is 22.6. The standard InChI is InChI=1S/C20H28N4OS/c1-14-4-2-6-17-19(14)22-18(23-20(17)25)13-26-16-7-10-24(11-8-16)12-15-5-3-9-21-15/h2,4,6,15-16,21H,3,5,7-13H2,1H3,(H,22,23,25). The fraction of sp³-hybridized carbons (Fsp3) is 0.600. The minimum Gasteiger partial charge on any atom is -0.313 e. The number of benzene rings is 1. The lowest BCUT2D eigenvalue weighted by Crippen LogP contribution is -2.42. The van der Waals surface area contributed by atoms with Gasteiger partial charge in [-0.1, -0.05) is 12.1 Å². The first-order chi connectivity index (χ1) is 12.7. The minimum atomic E-state index is -0.0202. The predicted molar refractivity (Wildman–Crippen MR) is 109 cm³/mol. The Morgan fingerprint density at radius 1 is 1.27 bits per heavy atom. The predicted octanol–water partition coefficient (Wildman–Crippen LogP) is 2.68. The number of aromatic amines is 1. The molecule has 2 aliphatic rings. The summed E-state index contributed by atoms with van der Waals surface area (Å²) in [5.41, 5.74) is 1.88. The second-order valence-corrected chi connectivity index (χ2v) is 8.88. The third-order valence-electron chi connectivity index (χ3n) is 5.62. The lowest BCUT2D eigenvalue weighted by Gasteiger charge is -2.33. The highest BCUT2D eigenvalue weighted by Gasteiger charge is 2.23. The number of hydrogen-bond acceptors (Lipinski definition) is 5. The topological polar surface area (TPSA) is 61.0 Å². The quantitative estimate of drug-likeness (QED) is 0.845. The van der Waals surface area contributed by atoms with Crippen molar-refractivity contribution in [2.75, 3.05) is 26.2 Å². The molecule has 0 amide bonds. The zero-order valence-corrected chi connectivity index (χ0v) is 16.3. The summed E-state index contributed by atoms with van der Waals surface area (Å²) >= 11 is 1.94. The molecule has 1 unspecified atom stereocenters. The van der Waals surface area contributed by atoms with E-state index in [0.29, 0.717) is 16.7 Å². The summed E-state index contributed by atoms with van der Waals surface area (Å²) < 4.78 is 0. The van der Waals surface area contributed by atoms with Gasteiger partial charge in [0, 0.05) is 17.8 Å². The molecule has 0 radical (unpaired) electrons. The van der Waals surface area contributed by atoms with Gasteiger partial charge in [0.05, 0.1) is 16.7 Å². The van der Waals surface area contributed by atoms with Crippen molar-refractivity contribution in [3.8, 4) is 0 Å². The zero-order valence-electron chi connectivity index (χ0n) is 15.5. The van der Waals surface area contributed by atoms with Crippen molar-refractivity contribution in [3.05, 3.63) is 39.9 Å². The fourth-order valence-corrected chi connectivity index (χ4v) is 5.17. The van der Waals surface area contributed by atoms with Crippen LogP contribution in [0.25, 0.3) is 10.9 Å². The van der Waals surface area contributed by atoms with Gasteiger partial charge in [0.25, 0.3) is 5.56 Å². The van der Waals surface area contributed by atoms with Crippen molar-refractivity contribution in [1.82, 2.24) is 20.2 Å². The van der Waals surface area contributed by atoms with Crippen LogP contribution in [-0.4, -0.2) is 52.3 Å². The average Bonchev–Trinajstić information content (AvgIpc) is 3.15. The molecule has 2 N–H and O–H groups in total. The van der Waals surface area contributed by atoms with E-state index in [1.165, 1.54) is 51.9 Å². The number of nitrogens with one attached hydrogen (secondary N) is 2. The number of aryl methyl sites for hydroxylation is 1. The molecular weight excluding hydrogens is 344 g/mol. The molecule has 2 aromatic rings. The van der Waals surface area contributed by atoms with Crippen LogP contribution in [0.3, 0.4) is 0 Å². The number of likely N-dealkylation sites (tertiary alicyclic amines) is 1. The maximum Gasteiger partial charge on any atom is 0.258 e. The minimum absolute atomic E-state index is 0.0202. The number of fused-ring (bicyclic) bond motifs is 1. The molecule has 26 heavy (non-hydrogen) atoms. The first-order valence-corrected chi connectivity index (χ1v) is 10.8. The van der Waals surface area contributed by atoms with Gasteiger partial charge in [0.2, 0.25) is 0 Å². The van der Waals surface area contributed by atoms with Gasteiger partial charge in [-0.2, -0.15) is 11.8 Å². The molecular formula is C20H28N4OS. The number of thioether (sulfide) groups is 1. The normalized spacial score (nSPS) is 22.3. The van der Waals surface area contributed by atoms with Gasteiger partial charge >= 0.3 is 0 Å². The van der Waals surface area contributed by atoms with Crippen molar-refractivity contribution < 1.29 is 0 Å². The summed E-state index contributed by atoms with van der Waals surface area (Å²) in [7, 11) is 0. The van der Waals surface area contributed by atoms with Gasteiger partial charge in [0.15, 0.2) is 0 Å². The molecule has 1 aromatic carbocycles. The van der Waals surface area contributed by atoms with Gasteiger partial charge in [-0.25, -0.2) is 4.98 Å². The Bertz CT molecular complexity index is 807. The Morgan fingerprint density at radius 3 is 2.88 bits per heavy atom. The Hall–Kier alpha value is -1.37. The van der Waals surface area contributed by atoms with E-state index in [2.05, 4.69) is 15.2 Å². The molecule has 0 spiro atoms. The number of H-pyrrole nitrogens is 1. The number of rotatable bonds is 5. The van der Waals surface area contributed by atoms with Crippen LogP contribution in [0.5, 0.6) is 0 Å². The molecule has 3 heterocycles. The molecule has 140 valence electrons. The van der Waals surface area contributed by atoms with Gasteiger partial charge in [-0.15, -0.1) is 0 Å². The van der Waals surface area contributed by atoms with Crippen molar-refractivity contribution >= 4 is 22.7 Å². The van der Waals surface area contributed by atoms with Crippen LogP contribution in [0.1, 0.15) is 37.1 Å². The zero-order chi connectivity index (χ0) is 17.9. The van der Waals surface area contributed by atoms with Crippen LogP contribution in [-0.2, 0) is 5.75 Å². The third-order valence-corrected chi connectivity index (χ3v) is 7.00. The summed E-state index contributed by atoms with van der Waals surface area (Å²) in [6, 6.07) is 6.48. The maximum absolute atomic E-state index is 12.3. The van der Waals surface area contributed by atoms with E-state index in [-0.39, 0.29) is 5.56 Å². The highest BCUT2D eigenvalue weighted by Crippen LogP contribution is 2.26. The third kappa shape index (κ3) is 4.13. The molecule has 2 aliphatic heterocycles. The molecule has 0 bridgehead atoms. The highest BCUT2D eigenvalue weighted by atomic mass is 32.2.